The van der Waals surface area contributed by atoms with E-state index in [-0.39, 0.29) is 0 Å². The normalized spacial score (nSPS) is 19.4. The SMILES string of the molecule is c1ccc(-n2ccnc2NC2CCOC2)cc1. The number of imidazole rings is 1. The molecule has 0 bridgehead atoms. The van der Waals surface area contributed by atoms with Crippen molar-refractivity contribution in [2.45, 2.75) is 12.5 Å². The van der Waals surface area contributed by atoms with Gasteiger partial charge in [-0.25, -0.2) is 4.98 Å². The second kappa shape index (κ2) is 4.59. The second-order valence-corrected chi connectivity index (χ2v) is 4.16. The molecule has 4 nitrogen and oxygen atoms in total. The van der Waals surface area contributed by atoms with E-state index in [1.165, 1.54) is 0 Å². The molecule has 0 aliphatic carbocycles. The van der Waals surface area contributed by atoms with E-state index in [0.717, 1.165) is 31.3 Å². The lowest BCUT2D eigenvalue weighted by molar-refractivity contribution is 0.195. The van der Waals surface area contributed by atoms with Crippen LogP contribution in [0.2, 0.25) is 0 Å². The minimum absolute atomic E-state index is 0.375. The number of benzene rings is 1. The lowest BCUT2D eigenvalue weighted by Crippen LogP contribution is -2.21. The van der Waals surface area contributed by atoms with Crippen LogP contribution in [0.25, 0.3) is 5.69 Å². The van der Waals surface area contributed by atoms with E-state index >= 15 is 0 Å². The Morgan fingerprint density at radius 3 is 2.94 bits per heavy atom. The van der Waals surface area contributed by atoms with Crippen LogP contribution in [0.3, 0.4) is 0 Å². The summed E-state index contributed by atoms with van der Waals surface area (Å²) >= 11 is 0. The van der Waals surface area contributed by atoms with Crippen molar-refractivity contribution in [2.75, 3.05) is 18.5 Å². The summed E-state index contributed by atoms with van der Waals surface area (Å²) in [5, 5.41) is 3.41. The van der Waals surface area contributed by atoms with Crippen molar-refractivity contribution >= 4 is 5.95 Å². The van der Waals surface area contributed by atoms with E-state index in [1.54, 1.807) is 0 Å². The maximum atomic E-state index is 5.35. The van der Waals surface area contributed by atoms with Crippen LogP contribution < -0.4 is 5.32 Å². The summed E-state index contributed by atoms with van der Waals surface area (Å²) in [5.74, 6) is 0.881. The number of hydrogen-bond donors (Lipinski definition) is 1. The lowest BCUT2D eigenvalue weighted by Gasteiger charge is -2.13. The summed E-state index contributed by atoms with van der Waals surface area (Å²) < 4.78 is 7.41. The summed E-state index contributed by atoms with van der Waals surface area (Å²) in [5.41, 5.74) is 1.12. The summed E-state index contributed by atoms with van der Waals surface area (Å²) in [6.07, 6.45) is 4.82. The second-order valence-electron chi connectivity index (χ2n) is 4.16. The molecule has 2 heterocycles. The first-order valence-corrected chi connectivity index (χ1v) is 5.86. The highest BCUT2D eigenvalue weighted by Crippen LogP contribution is 2.16. The minimum Gasteiger partial charge on any atom is -0.379 e. The van der Waals surface area contributed by atoms with Crippen LogP contribution in [0.5, 0.6) is 0 Å². The molecule has 1 aliphatic rings. The zero-order valence-corrected chi connectivity index (χ0v) is 9.54. The van der Waals surface area contributed by atoms with Gasteiger partial charge in [0.25, 0.3) is 0 Å². The molecule has 1 aromatic carbocycles. The first kappa shape index (κ1) is 10.4. The highest BCUT2D eigenvalue weighted by Gasteiger charge is 2.17. The molecule has 0 saturated carbocycles. The van der Waals surface area contributed by atoms with E-state index in [9.17, 15) is 0 Å². The van der Waals surface area contributed by atoms with E-state index in [0.29, 0.717) is 6.04 Å². The Bertz CT molecular complexity index is 474. The molecule has 0 amide bonds. The Morgan fingerprint density at radius 2 is 2.18 bits per heavy atom. The van der Waals surface area contributed by atoms with E-state index in [1.807, 2.05) is 30.6 Å². The maximum absolute atomic E-state index is 5.35. The number of ether oxygens (including phenoxy) is 1. The van der Waals surface area contributed by atoms with Gasteiger partial charge < -0.3 is 10.1 Å². The molecule has 0 radical (unpaired) electrons. The molecule has 1 atom stereocenters. The van der Waals surface area contributed by atoms with Gasteiger partial charge in [0.15, 0.2) is 0 Å². The first-order valence-electron chi connectivity index (χ1n) is 5.86. The summed E-state index contributed by atoms with van der Waals surface area (Å²) in [6, 6.07) is 10.6. The number of nitrogens with zero attached hydrogens (tertiary/aromatic N) is 2. The van der Waals surface area contributed by atoms with E-state index in [2.05, 4.69) is 27.0 Å². The molecule has 17 heavy (non-hydrogen) atoms. The predicted octanol–water partition coefficient (Wildman–Crippen LogP) is 2.07. The fourth-order valence-electron chi connectivity index (χ4n) is 2.04. The number of anilines is 1. The third-order valence-electron chi connectivity index (χ3n) is 2.94. The number of rotatable bonds is 3. The van der Waals surface area contributed by atoms with Crippen LogP contribution in [0.15, 0.2) is 42.7 Å². The van der Waals surface area contributed by atoms with Crippen molar-refractivity contribution in [1.82, 2.24) is 9.55 Å². The zero-order valence-electron chi connectivity index (χ0n) is 9.54. The van der Waals surface area contributed by atoms with Crippen LogP contribution in [-0.4, -0.2) is 28.8 Å². The molecule has 1 unspecified atom stereocenters. The summed E-state index contributed by atoms with van der Waals surface area (Å²) in [7, 11) is 0. The molecule has 1 saturated heterocycles. The topological polar surface area (TPSA) is 39.1 Å². The molecule has 0 spiro atoms. The number of nitrogens with one attached hydrogen (secondary N) is 1. The van der Waals surface area contributed by atoms with Gasteiger partial charge in [-0.3, -0.25) is 4.57 Å². The van der Waals surface area contributed by atoms with Gasteiger partial charge in [0, 0.05) is 24.7 Å². The van der Waals surface area contributed by atoms with Crippen molar-refractivity contribution in [1.29, 1.82) is 0 Å². The van der Waals surface area contributed by atoms with Crippen LogP contribution in [-0.2, 0) is 4.74 Å². The average molecular weight is 229 g/mol. The van der Waals surface area contributed by atoms with Crippen molar-refractivity contribution in [2.24, 2.45) is 0 Å². The highest BCUT2D eigenvalue weighted by molar-refractivity contribution is 5.42. The van der Waals surface area contributed by atoms with Gasteiger partial charge in [0.05, 0.1) is 12.6 Å². The average Bonchev–Trinajstić information content (AvgIpc) is 3.02. The molecule has 1 N–H and O–H groups in total. The molecular formula is C13H15N3O. The Hall–Kier alpha value is -1.81. The Morgan fingerprint density at radius 1 is 1.29 bits per heavy atom. The van der Waals surface area contributed by atoms with Crippen LogP contribution in [0.4, 0.5) is 5.95 Å². The van der Waals surface area contributed by atoms with Crippen molar-refractivity contribution in [3.8, 4) is 5.69 Å². The van der Waals surface area contributed by atoms with Crippen LogP contribution >= 0.6 is 0 Å². The molecule has 1 fully saturated rings. The molecule has 1 aromatic heterocycles. The van der Waals surface area contributed by atoms with Crippen LogP contribution in [0.1, 0.15) is 6.42 Å². The van der Waals surface area contributed by atoms with Crippen molar-refractivity contribution < 1.29 is 4.74 Å². The molecule has 4 heteroatoms. The maximum Gasteiger partial charge on any atom is 0.207 e. The first-order chi connectivity index (χ1) is 8.43. The fourth-order valence-corrected chi connectivity index (χ4v) is 2.04. The van der Waals surface area contributed by atoms with Gasteiger partial charge in [-0.05, 0) is 18.6 Å². The smallest absolute Gasteiger partial charge is 0.207 e. The fraction of sp³-hybridized carbons (Fsp3) is 0.308. The molecular weight excluding hydrogens is 214 g/mol. The monoisotopic (exact) mass is 229 g/mol. The number of hydrogen-bond acceptors (Lipinski definition) is 3. The molecule has 3 rings (SSSR count). The van der Waals surface area contributed by atoms with Gasteiger partial charge in [0.2, 0.25) is 5.95 Å². The Labute approximate surface area is 100 Å². The minimum atomic E-state index is 0.375. The number of aromatic nitrogens is 2. The third-order valence-corrected chi connectivity index (χ3v) is 2.94. The van der Waals surface area contributed by atoms with Gasteiger partial charge in [-0.2, -0.15) is 0 Å². The van der Waals surface area contributed by atoms with Gasteiger partial charge >= 0.3 is 0 Å². The summed E-state index contributed by atoms with van der Waals surface area (Å²) in [6.45, 7) is 1.60. The van der Waals surface area contributed by atoms with Gasteiger partial charge in [-0.15, -0.1) is 0 Å². The molecule has 2 aromatic rings. The van der Waals surface area contributed by atoms with E-state index in [4.69, 9.17) is 4.74 Å². The van der Waals surface area contributed by atoms with Crippen LogP contribution in [0, 0.1) is 0 Å². The largest absolute Gasteiger partial charge is 0.379 e. The van der Waals surface area contributed by atoms with Gasteiger partial charge in [-0.1, -0.05) is 18.2 Å². The number of para-hydroxylation sites is 1. The molecule has 1 aliphatic heterocycles. The standard InChI is InChI=1S/C13H15N3O/c1-2-4-12(5-3-1)16-8-7-14-13(16)15-11-6-9-17-10-11/h1-5,7-8,11H,6,9-10H2,(H,14,15). The quantitative estimate of drug-likeness (QED) is 0.875. The third kappa shape index (κ3) is 2.17. The summed E-state index contributed by atoms with van der Waals surface area (Å²) in [4.78, 5) is 4.35. The highest BCUT2D eigenvalue weighted by atomic mass is 16.5. The Balaban J connectivity index is 1.84. The van der Waals surface area contributed by atoms with Gasteiger partial charge in [0.1, 0.15) is 0 Å². The zero-order chi connectivity index (χ0) is 11.5. The van der Waals surface area contributed by atoms with Crippen molar-refractivity contribution in [3.63, 3.8) is 0 Å². The molecule has 88 valence electrons. The Kier molecular flexibility index (Phi) is 2.80. The van der Waals surface area contributed by atoms with Crippen molar-refractivity contribution in [3.05, 3.63) is 42.7 Å². The van der Waals surface area contributed by atoms with E-state index < -0.39 is 0 Å². The predicted molar refractivity (Wildman–Crippen MR) is 66.4 cm³/mol. The lowest BCUT2D eigenvalue weighted by atomic mass is 10.3.